The molecule has 0 radical (unpaired) electrons. The molecule has 2 heteroatoms. The number of nitrogens with zero attached hydrogens (tertiary/aromatic N) is 1. The van der Waals surface area contributed by atoms with Crippen LogP contribution in [0.15, 0.2) is 60.7 Å². The summed E-state index contributed by atoms with van der Waals surface area (Å²) in [4.78, 5) is 15.2. The molecule has 0 aromatic heterocycles. The molecule has 4 rings (SSSR count). The Kier molecular flexibility index (Phi) is 3.55. The lowest BCUT2D eigenvalue weighted by Gasteiger charge is -2.18. The number of hydrogen-bond donors (Lipinski definition) is 0. The van der Waals surface area contributed by atoms with Gasteiger partial charge in [-0.05, 0) is 23.5 Å². The molecule has 22 heavy (non-hydrogen) atoms. The van der Waals surface area contributed by atoms with Gasteiger partial charge in [0.1, 0.15) is 5.78 Å². The number of ketones is 1. The van der Waals surface area contributed by atoms with E-state index in [-0.39, 0.29) is 11.8 Å². The molecule has 0 N–H and O–H groups in total. The molecule has 1 aliphatic heterocycles. The molecule has 0 amide bonds. The molecule has 0 spiro atoms. The third-order valence-electron chi connectivity index (χ3n) is 5.21. The second kappa shape index (κ2) is 5.69. The summed E-state index contributed by atoms with van der Waals surface area (Å²) in [6.07, 6.45) is 1.03. The van der Waals surface area contributed by atoms with Crippen LogP contribution in [0.5, 0.6) is 0 Å². The topological polar surface area (TPSA) is 20.3 Å². The summed E-state index contributed by atoms with van der Waals surface area (Å²) >= 11 is 0. The quantitative estimate of drug-likeness (QED) is 0.863. The van der Waals surface area contributed by atoms with Crippen LogP contribution in [0.2, 0.25) is 0 Å². The van der Waals surface area contributed by atoms with E-state index in [1.165, 1.54) is 11.1 Å². The van der Waals surface area contributed by atoms with Crippen LogP contribution in [0.1, 0.15) is 23.5 Å². The highest BCUT2D eigenvalue weighted by molar-refractivity contribution is 5.90. The molecule has 1 saturated carbocycles. The summed E-state index contributed by atoms with van der Waals surface area (Å²) in [5, 5.41) is 0. The molecule has 0 bridgehead atoms. The Morgan fingerprint density at radius 1 is 0.909 bits per heavy atom. The van der Waals surface area contributed by atoms with Crippen LogP contribution in [-0.4, -0.2) is 23.8 Å². The minimum atomic E-state index is 0.134. The molecule has 3 unspecified atom stereocenters. The van der Waals surface area contributed by atoms with Crippen LogP contribution in [0.25, 0.3) is 0 Å². The zero-order chi connectivity index (χ0) is 14.9. The molecule has 2 aliphatic rings. The third kappa shape index (κ3) is 2.48. The molecule has 2 aromatic rings. The first-order valence-corrected chi connectivity index (χ1v) is 8.16. The number of rotatable bonds is 3. The number of Topliss-reactive ketones (excluding diaryl/α,β-unsaturated/α-hetero) is 1. The van der Waals surface area contributed by atoms with Crippen LogP contribution >= 0.6 is 0 Å². The number of fused-ring (bicyclic) bond motifs is 1. The molecule has 1 saturated heterocycles. The Balaban J connectivity index is 1.44. The lowest BCUT2D eigenvalue weighted by molar-refractivity contribution is -0.122. The summed E-state index contributed by atoms with van der Waals surface area (Å²) in [6.45, 7) is 2.97. The van der Waals surface area contributed by atoms with Crippen molar-refractivity contribution >= 4 is 5.78 Å². The fourth-order valence-corrected chi connectivity index (χ4v) is 4.16. The van der Waals surface area contributed by atoms with Gasteiger partial charge in [0.2, 0.25) is 0 Å². The molecular formula is C20H21NO. The van der Waals surface area contributed by atoms with Crippen molar-refractivity contribution in [3.8, 4) is 0 Å². The second-order valence-electron chi connectivity index (χ2n) is 6.65. The first-order valence-electron chi connectivity index (χ1n) is 8.16. The summed E-state index contributed by atoms with van der Waals surface area (Å²) < 4.78 is 0. The minimum Gasteiger partial charge on any atom is -0.299 e. The highest BCUT2D eigenvalue weighted by atomic mass is 16.1. The lowest BCUT2D eigenvalue weighted by atomic mass is 9.95. The first-order chi connectivity index (χ1) is 10.8. The molecule has 112 valence electrons. The van der Waals surface area contributed by atoms with Crippen molar-refractivity contribution in [1.29, 1.82) is 0 Å². The number of hydrogen-bond acceptors (Lipinski definition) is 2. The Hall–Kier alpha value is -1.93. The van der Waals surface area contributed by atoms with E-state index in [0.29, 0.717) is 11.7 Å². The molecule has 2 aromatic carbocycles. The van der Waals surface area contributed by atoms with Crippen molar-refractivity contribution < 1.29 is 4.79 Å². The van der Waals surface area contributed by atoms with Crippen molar-refractivity contribution in [3.63, 3.8) is 0 Å². The summed E-state index contributed by atoms with van der Waals surface area (Å²) in [5.41, 5.74) is 2.55. The van der Waals surface area contributed by atoms with E-state index in [0.717, 1.165) is 26.1 Å². The molecule has 3 atom stereocenters. The fourth-order valence-electron chi connectivity index (χ4n) is 4.16. The molecular weight excluding hydrogens is 270 g/mol. The summed E-state index contributed by atoms with van der Waals surface area (Å²) in [5.74, 6) is 1.39. The number of likely N-dealkylation sites (tertiary alicyclic amines) is 1. The van der Waals surface area contributed by atoms with Crippen LogP contribution < -0.4 is 0 Å². The van der Waals surface area contributed by atoms with Gasteiger partial charge in [-0.1, -0.05) is 60.7 Å². The third-order valence-corrected chi connectivity index (χ3v) is 5.21. The summed E-state index contributed by atoms with van der Waals surface area (Å²) in [6, 6.07) is 20.9. The van der Waals surface area contributed by atoms with Crippen molar-refractivity contribution in [2.75, 3.05) is 13.1 Å². The van der Waals surface area contributed by atoms with Gasteiger partial charge in [-0.25, -0.2) is 0 Å². The van der Waals surface area contributed by atoms with Gasteiger partial charge in [0.25, 0.3) is 0 Å². The van der Waals surface area contributed by atoms with E-state index < -0.39 is 0 Å². The zero-order valence-electron chi connectivity index (χ0n) is 12.7. The standard InChI is InChI=1S/C20H21NO/c22-20-18(16-9-5-2-6-10-16)11-17-13-21(14-19(17)20)12-15-7-3-1-4-8-15/h1-10,17-19H,11-14H2. The van der Waals surface area contributed by atoms with Crippen molar-refractivity contribution in [2.45, 2.75) is 18.9 Å². The Morgan fingerprint density at radius 2 is 1.59 bits per heavy atom. The minimum absolute atomic E-state index is 0.134. The predicted molar refractivity (Wildman–Crippen MR) is 87.5 cm³/mol. The van der Waals surface area contributed by atoms with Gasteiger partial charge in [-0.15, -0.1) is 0 Å². The molecule has 1 aliphatic carbocycles. The van der Waals surface area contributed by atoms with Crippen molar-refractivity contribution in [3.05, 3.63) is 71.8 Å². The van der Waals surface area contributed by atoms with Gasteiger partial charge in [-0.2, -0.15) is 0 Å². The van der Waals surface area contributed by atoms with Gasteiger partial charge in [-0.3, -0.25) is 9.69 Å². The van der Waals surface area contributed by atoms with E-state index in [1.807, 2.05) is 18.2 Å². The molecule has 2 nitrogen and oxygen atoms in total. The van der Waals surface area contributed by atoms with E-state index in [1.54, 1.807) is 0 Å². The van der Waals surface area contributed by atoms with E-state index in [4.69, 9.17) is 0 Å². The van der Waals surface area contributed by atoms with Crippen LogP contribution in [0.3, 0.4) is 0 Å². The SMILES string of the molecule is O=C1C(c2ccccc2)CC2CN(Cc3ccccc3)CC12. The number of carbonyl (C=O) groups is 1. The fraction of sp³-hybridized carbons (Fsp3) is 0.350. The van der Waals surface area contributed by atoms with Crippen LogP contribution in [0.4, 0.5) is 0 Å². The first kappa shape index (κ1) is 13.7. The van der Waals surface area contributed by atoms with Gasteiger partial charge in [0, 0.05) is 31.5 Å². The summed E-state index contributed by atoms with van der Waals surface area (Å²) in [7, 11) is 0. The Bertz CT molecular complexity index is 652. The van der Waals surface area contributed by atoms with Gasteiger partial charge in [0.05, 0.1) is 0 Å². The molecule has 1 heterocycles. The number of carbonyl (C=O) groups excluding carboxylic acids is 1. The molecule has 2 fully saturated rings. The maximum atomic E-state index is 12.8. The predicted octanol–water partition coefficient (Wildman–Crippen LogP) is 3.49. The lowest BCUT2D eigenvalue weighted by Crippen LogP contribution is -2.24. The van der Waals surface area contributed by atoms with Crippen LogP contribution in [-0.2, 0) is 11.3 Å². The maximum Gasteiger partial charge on any atom is 0.145 e. The number of benzene rings is 2. The Labute approximate surface area is 131 Å². The second-order valence-corrected chi connectivity index (χ2v) is 6.65. The van der Waals surface area contributed by atoms with Gasteiger partial charge in [0.15, 0.2) is 0 Å². The van der Waals surface area contributed by atoms with Gasteiger partial charge >= 0.3 is 0 Å². The van der Waals surface area contributed by atoms with Crippen LogP contribution in [0, 0.1) is 11.8 Å². The van der Waals surface area contributed by atoms with Crippen molar-refractivity contribution in [2.24, 2.45) is 11.8 Å². The monoisotopic (exact) mass is 291 g/mol. The normalized spacial score (nSPS) is 28.0. The average Bonchev–Trinajstić information content (AvgIpc) is 3.08. The van der Waals surface area contributed by atoms with E-state index >= 15 is 0 Å². The van der Waals surface area contributed by atoms with Crippen molar-refractivity contribution in [1.82, 2.24) is 4.90 Å². The average molecular weight is 291 g/mol. The zero-order valence-corrected chi connectivity index (χ0v) is 12.7. The van der Waals surface area contributed by atoms with Gasteiger partial charge < -0.3 is 0 Å². The maximum absolute atomic E-state index is 12.8. The highest BCUT2D eigenvalue weighted by Gasteiger charge is 2.47. The largest absolute Gasteiger partial charge is 0.299 e. The smallest absolute Gasteiger partial charge is 0.145 e. The highest BCUT2D eigenvalue weighted by Crippen LogP contribution is 2.43. The van der Waals surface area contributed by atoms with E-state index in [2.05, 4.69) is 47.4 Å². The van der Waals surface area contributed by atoms with E-state index in [9.17, 15) is 4.79 Å². The Morgan fingerprint density at radius 3 is 2.27 bits per heavy atom.